The van der Waals surface area contributed by atoms with Gasteiger partial charge in [0.05, 0.1) is 24.1 Å². The van der Waals surface area contributed by atoms with Gasteiger partial charge >= 0.3 is 6.03 Å². The average Bonchev–Trinajstić information content (AvgIpc) is 3.15. The molecule has 0 saturated carbocycles. The number of hydrogen-bond acceptors (Lipinski definition) is 4. The molecule has 2 aliphatic heterocycles. The number of carbonyl (C=O) groups excluding carboxylic acids is 1. The van der Waals surface area contributed by atoms with Gasteiger partial charge in [-0.25, -0.2) is 9.78 Å². The molecule has 8 heteroatoms. The van der Waals surface area contributed by atoms with E-state index in [-0.39, 0.29) is 12.1 Å². The van der Waals surface area contributed by atoms with E-state index >= 15 is 0 Å². The van der Waals surface area contributed by atoms with E-state index in [9.17, 15) is 4.79 Å². The van der Waals surface area contributed by atoms with Crippen molar-refractivity contribution in [2.45, 2.75) is 32.4 Å². The molecular formula is C29H29ClN4O3. The number of likely N-dealkylation sites (tertiary alicyclic amines) is 1. The molecule has 3 heterocycles. The van der Waals surface area contributed by atoms with E-state index in [1.807, 2.05) is 53.1 Å². The predicted molar refractivity (Wildman–Crippen MR) is 144 cm³/mol. The lowest BCUT2D eigenvalue weighted by molar-refractivity contribution is 0.0923. The Balaban J connectivity index is 1.13. The van der Waals surface area contributed by atoms with Crippen molar-refractivity contribution >= 4 is 28.7 Å². The summed E-state index contributed by atoms with van der Waals surface area (Å²) in [6.07, 6.45) is 1.70. The number of aryl methyl sites for hydroxylation is 1. The number of nitrogens with one attached hydrogen (secondary N) is 1. The number of carbonyl (C=O) groups is 1. The van der Waals surface area contributed by atoms with Gasteiger partial charge in [-0.05, 0) is 66.6 Å². The molecule has 6 rings (SSSR count). The number of nitrogens with zero attached hydrogens (tertiary/aromatic N) is 3. The third kappa shape index (κ3) is 5.09. The van der Waals surface area contributed by atoms with Crippen molar-refractivity contribution < 1.29 is 14.3 Å². The van der Waals surface area contributed by atoms with E-state index in [4.69, 9.17) is 21.1 Å². The molecule has 37 heavy (non-hydrogen) atoms. The summed E-state index contributed by atoms with van der Waals surface area (Å²) in [4.78, 5) is 25.1. The molecule has 0 radical (unpaired) electrons. The number of amides is 2. The van der Waals surface area contributed by atoms with Crippen molar-refractivity contribution in [2.24, 2.45) is 0 Å². The summed E-state index contributed by atoms with van der Waals surface area (Å²) < 4.78 is 12.1. The van der Waals surface area contributed by atoms with Crippen LogP contribution in [-0.4, -0.2) is 58.1 Å². The molecule has 0 bridgehead atoms. The van der Waals surface area contributed by atoms with Gasteiger partial charge in [0, 0.05) is 36.5 Å². The molecule has 1 N–H and O–H groups in total. The van der Waals surface area contributed by atoms with E-state index in [1.54, 1.807) is 0 Å². The molecule has 0 atom stereocenters. The molecule has 0 unspecified atom stereocenters. The van der Waals surface area contributed by atoms with Crippen LogP contribution in [0.4, 0.5) is 4.79 Å². The van der Waals surface area contributed by atoms with Crippen LogP contribution < -0.4 is 9.47 Å². The number of hydrogen-bond donors (Lipinski definition) is 1. The van der Waals surface area contributed by atoms with Crippen molar-refractivity contribution in [1.29, 1.82) is 0 Å². The molecule has 1 fully saturated rings. The Kier molecular flexibility index (Phi) is 6.38. The number of benzene rings is 3. The molecule has 1 saturated heterocycles. The summed E-state index contributed by atoms with van der Waals surface area (Å²) in [6.45, 7) is 4.86. The van der Waals surface area contributed by atoms with Crippen LogP contribution in [-0.2, 0) is 6.54 Å². The summed E-state index contributed by atoms with van der Waals surface area (Å²) in [7, 11) is 0. The van der Waals surface area contributed by atoms with Crippen LogP contribution >= 0.6 is 11.6 Å². The van der Waals surface area contributed by atoms with Crippen LogP contribution in [0.25, 0.3) is 22.2 Å². The lowest BCUT2D eigenvalue weighted by Gasteiger charge is -2.35. The maximum atomic E-state index is 13.5. The van der Waals surface area contributed by atoms with Crippen LogP contribution in [0, 0.1) is 6.92 Å². The van der Waals surface area contributed by atoms with Crippen LogP contribution in [0.3, 0.4) is 0 Å². The highest BCUT2D eigenvalue weighted by Gasteiger charge is 2.29. The highest BCUT2D eigenvalue weighted by molar-refractivity contribution is 6.30. The van der Waals surface area contributed by atoms with Crippen molar-refractivity contribution in [3.8, 4) is 22.6 Å². The summed E-state index contributed by atoms with van der Waals surface area (Å²) in [6, 6.07) is 20.0. The number of H-pyrrole nitrogens is 1. The molecule has 0 spiro atoms. The molecule has 0 aliphatic carbocycles. The zero-order chi connectivity index (χ0) is 25.4. The summed E-state index contributed by atoms with van der Waals surface area (Å²) in [5, 5.41) is 0.692. The maximum Gasteiger partial charge on any atom is 0.320 e. The first kappa shape index (κ1) is 23.7. The molecular weight excluding hydrogens is 488 g/mol. The van der Waals surface area contributed by atoms with Gasteiger partial charge in [0.25, 0.3) is 0 Å². The lowest BCUT2D eigenvalue weighted by atomic mass is 10.0. The van der Waals surface area contributed by atoms with E-state index < -0.39 is 0 Å². The van der Waals surface area contributed by atoms with Gasteiger partial charge in [-0.2, -0.15) is 0 Å². The lowest BCUT2D eigenvalue weighted by Crippen LogP contribution is -2.48. The topological polar surface area (TPSA) is 70.7 Å². The standard InChI is InChI=1S/C29H29ClN4O3/c1-19-31-26-8-2-21(17-27(26)32-19)20-3-9-28-22(16-20)18-34(14-15-36-28)29(35)33-12-10-25(11-13-33)37-24-6-4-23(30)5-7-24/h2-9,16-17,25H,10-15,18H2,1H3,(H,31,32). The van der Waals surface area contributed by atoms with Gasteiger partial charge in [0.1, 0.15) is 30.0 Å². The van der Waals surface area contributed by atoms with E-state index in [0.717, 1.165) is 57.9 Å². The third-order valence-electron chi connectivity index (χ3n) is 7.07. The Morgan fingerprint density at radius 2 is 1.76 bits per heavy atom. The van der Waals surface area contributed by atoms with Gasteiger partial charge in [-0.3, -0.25) is 0 Å². The van der Waals surface area contributed by atoms with Gasteiger partial charge in [-0.15, -0.1) is 0 Å². The second kappa shape index (κ2) is 9.98. The van der Waals surface area contributed by atoms with Gasteiger partial charge in [-0.1, -0.05) is 23.7 Å². The molecule has 190 valence electrons. The van der Waals surface area contributed by atoms with Crippen LogP contribution in [0.2, 0.25) is 5.02 Å². The first-order chi connectivity index (χ1) is 18.0. The fourth-order valence-electron chi connectivity index (χ4n) is 5.12. The second-order valence-corrected chi connectivity index (χ2v) is 10.1. The van der Waals surface area contributed by atoms with Crippen LogP contribution in [0.1, 0.15) is 24.2 Å². The van der Waals surface area contributed by atoms with Gasteiger partial charge in [0.15, 0.2) is 0 Å². The Bertz CT molecular complexity index is 1430. The Hall–Kier alpha value is -3.71. The number of rotatable bonds is 3. The fourth-order valence-corrected chi connectivity index (χ4v) is 5.25. The summed E-state index contributed by atoms with van der Waals surface area (Å²) in [5.74, 6) is 2.55. The zero-order valence-electron chi connectivity index (χ0n) is 20.7. The molecule has 2 aliphatic rings. The number of halogens is 1. The van der Waals surface area contributed by atoms with Gasteiger partial charge < -0.3 is 24.3 Å². The third-order valence-corrected chi connectivity index (χ3v) is 7.33. The van der Waals surface area contributed by atoms with Crippen molar-refractivity contribution in [3.63, 3.8) is 0 Å². The molecule has 3 aromatic carbocycles. The minimum atomic E-state index is 0.0566. The first-order valence-corrected chi connectivity index (χ1v) is 13.1. The number of ether oxygens (including phenoxy) is 2. The Morgan fingerprint density at radius 3 is 2.57 bits per heavy atom. The molecule has 4 aromatic rings. The van der Waals surface area contributed by atoms with Crippen molar-refractivity contribution in [1.82, 2.24) is 19.8 Å². The van der Waals surface area contributed by atoms with Crippen LogP contribution in [0.15, 0.2) is 60.7 Å². The number of aromatic nitrogens is 2. The largest absolute Gasteiger partial charge is 0.491 e. The first-order valence-electron chi connectivity index (χ1n) is 12.7. The molecule has 2 amide bonds. The second-order valence-electron chi connectivity index (χ2n) is 9.69. The predicted octanol–water partition coefficient (Wildman–Crippen LogP) is 6.05. The summed E-state index contributed by atoms with van der Waals surface area (Å²) in [5.41, 5.74) is 5.18. The average molecular weight is 517 g/mol. The number of aromatic amines is 1. The minimum absolute atomic E-state index is 0.0566. The Morgan fingerprint density at radius 1 is 1.00 bits per heavy atom. The van der Waals surface area contributed by atoms with Crippen LogP contribution in [0.5, 0.6) is 11.5 Å². The van der Waals surface area contributed by atoms with E-state index in [1.165, 1.54) is 0 Å². The minimum Gasteiger partial charge on any atom is -0.491 e. The zero-order valence-corrected chi connectivity index (χ0v) is 21.5. The smallest absolute Gasteiger partial charge is 0.320 e. The molecule has 7 nitrogen and oxygen atoms in total. The highest BCUT2D eigenvalue weighted by Crippen LogP contribution is 2.31. The highest BCUT2D eigenvalue weighted by atomic mass is 35.5. The number of piperidine rings is 1. The normalized spacial score (nSPS) is 16.3. The van der Waals surface area contributed by atoms with Crippen molar-refractivity contribution in [2.75, 3.05) is 26.2 Å². The van der Waals surface area contributed by atoms with E-state index in [0.29, 0.717) is 37.8 Å². The Labute approximate surface area is 221 Å². The number of fused-ring (bicyclic) bond motifs is 2. The monoisotopic (exact) mass is 516 g/mol. The fraction of sp³-hybridized carbons (Fsp3) is 0.310. The van der Waals surface area contributed by atoms with Crippen molar-refractivity contribution in [3.05, 3.63) is 77.1 Å². The van der Waals surface area contributed by atoms with Gasteiger partial charge in [0.2, 0.25) is 0 Å². The van der Waals surface area contributed by atoms with E-state index in [2.05, 4.69) is 34.2 Å². The number of imidazole rings is 1. The quantitative estimate of drug-likeness (QED) is 0.360. The SMILES string of the molecule is Cc1nc2ccc(-c3ccc4c(c3)CN(C(=O)N3CCC(Oc5ccc(Cl)cc5)CC3)CCO4)cc2[nH]1. The summed E-state index contributed by atoms with van der Waals surface area (Å²) >= 11 is 5.97. The molecule has 1 aromatic heterocycles. The maximum absolute atomic E-state index is 13.5. The number of urea groups is 1.